The maximum Gasteiger partial charge on any atom is 0.212 e. The van der Waals surface area contributed by atoms with Gasteiger partial charge in [-0.1, -0.05) is 148 Å². The minimum absolute atomic E-state index is 0.0492. The van der Waals surface area contributed by atoms with Crippen molar-refractivity contribution in [2.75, 3.05) is 0 Å². The maximum atomic E-state index is 8.42. The van der Waals surface area contributed by atoms with Gasteiger partial charge in [0.2, 0.25) is 22.8 Å². The van der Waals surface area contributed by atoms with Gasteiger partial charge in [0.1, 0.15) is 28.2 Å². The van der Waals surface area contributed by atoms with Crippen LogP contribution in [0.3, 0.4) is 0 Å². The van der Waals surface area contributed by atoms with E-state index in [-0.39, 0.29) is 11.3 Å². The third kappa shape index (κ3) is 17.8. The van der Waals surface area contributed by atoms with Crippen LogP contribution in [0.1, 0.15) is 139 Å². The van der Waals surface area contributed by atoms with E-state index in [1.807, 2.05) is 182 Å². The number of rotatable bonds is 8. The largest absolute Gasteiger partial charge is 0.212 e. The van der Waals surface area contributed by atoms with E-state index in [0.717, 1.165) is 39.3 Å². The fourth-order valence-corrected chi connectivity index (χ4v) is 8.96. The van der Waals surface area contributed by atoms with Crippen LogP contribution in [0, 0.1) is 51.3 Å². The molecule has 75 heavy (non-hydrogen) atoms. The first kappa shape index (κ1) is 47.0. The lowest BCUT2D eigenvalue weighted by Gasteiger charge is -2.17. The van der Waals surface area contributed by atoms with E-state index >= 15 is 0 Å². The van der Waals surface area contributed by atoms with Crippen molar-refractivity contribution in [1.29, 1.82) is 0 Å². The summed E-state index contributed by atoms with van der Waals surface area (Å²) >= 11 is 0. The van der Waals surface area contributed by atoms with E-state index in [4.69, 9.17) is 12.3 Å². The monoisotopic (exact) mass is 1010 g/mol. The molecule has 0 amide bonds. The normalized spacial score (nSPS) is 14.0. The Labute approximate surface area is 468 Å². The number of pyridine rings is 4. The summed E-state index contributed by atoms with van der Waals surface area (Å²) in [5.41, 5.74) is 16.7. The number of aryl methyl sites for hydroxylation is 9. The van der Waals surface area contributed by atoms with Crippen LogP contribution < -0.4 is 18.3 Å². The highest BCUT2D eigenvalue weighted by molar-refractivity contribution is 5.63. The quantitative estimate of drug-likeness (QED) is 0.135. The summed E-state index contributed by atoms with van der Waals surface area (Å²) in [4.78, 5) is 0. The van der Waals surface area contributed by atoms with Crippen molar-refractivity contribution in [2.45, 2.75) is 135 Å². The molecule has 0 saturated heterocycles. The van der Waals surface area contributed by atoms with Crippen molar-refractivity contribution in [3.63, 3.8) is 0 Å². The summed E-state index contributed by atoms with van der Waals surface area (Å²) in [7, 11) is 7.96. The lowest BCUT2D eigenvalue weighted by Crippen LogP contribution is -2.33. The van der Waals surface area contributed by atoms with Gasteiger partial charge in [0.25, 0.3) is 0 Å². The second-order valence-corrected chi connectivity index (χ2v) is 23.4. The van der Waals surface area contributed by atoms with Gasteiger partial charge in [0, 0.05) is 81.1 Å². The number of nitrogens with zero attached hydrogens (tertiary/aromatic N) is 4. The average Bonchev–Trinajstić information content (AvgIpc) is 1.60. The smallest absolute Gasteiger partial charge is 0.201 e. The van der Waals surface area contributed by atoms with Crippen molar-refractivity contribution in [1.82, 2.24) is 0 Å². The van der Waals surface area contributed by atoms with Crippen LogP contribution >= 0.6 is 0 Å². The molecule has 0 N–H and O–H groups in total. The first-order valence-corrected chi connectivity index (χ1v) is 26.4. The molecular formula is C71H94N4+4. The summed E-state index contributed by atoms with van der Waals surface area (Å²) in [6.45, 7) is 28.2. The van der Waals surface area contributed by atoms with Gasteiger partial charge < -0.3 is 0 Å². The van der Waals surface area contributed by atoms with Crippen LogP contribution in [0.2, 0.25) is 0 Å². The van der Waals surface area contributed by atoms with E-state index in [1.54, 1.807) is 12.1 Å². The summed E-state index contributed by atoms with van der Waals surface area (Å²) in [6.07, 6.45) is 3.74. The fourth-order valence-electron chi connectivity index (χ4n) is 8.96. The Morgan fingerprint density at radius 2 is 0.760 bits per heavy atom. The Balaban J connectivity index is 0.000000206. The fraction of sp³-hybridized carbons (Fsp3) is 0.380. The summed E-state index contributed by atoms with van der Waals surface area (Å²) in [6, 6.07) is 46.2. The Morgan fingerprint density at radius 3 is 1.08 bits per heavy atom. The summed E-state index contributed by atoms with van der Waals surface area (Å²) < 4.78 is 80.7. The minimum atomic E-state index is -2.11. The third-order valence-electron chi connectivity index (χ3n) is 12.7. The Hall–Kier alpha value is -6.52. The van der Waals surface area contributed by atoms with Crippen molar-refractivity contribution in [2.24, 2.45) is 44.9 Å². The second kappa shape index (κ2) is 25.8. The summed E-state index contributed by atoms with van der Waals surface area (Å²) in [5, 5.41) is 0. The molecule has 0 bridgehead atoms. The van der Waals surface area contributed by atoms with Crippen LogP contribution in [0.4, 0.5) is 0 Å². The molecule has 4 nitrogen and oxygen atoms in total. The molecule has 8 aromatic rings. The standard InChI is InChI=1S/C19H26N.C18H24N.2C17H22N/c1-14-7-9-17(15(2)11-14)18-10-8-16(13-20(18)6)12-19(3,4)5;1-14-8-6-7-9-16(14)17-11-10-15(13-19(17)5)12-18(2,3)4;1-13-8-6-7-9-15(13)16-11-10-14(12-18(16)5)17(2,3)4;1-13(2)11-15-9-10-17(18(4)12-15)16-8-6-5-7-14(16)3/h7-11,13H,12H2,1-6H3;6-11,13H,12H2,1-5H3;6-12H,1-5H3;5-10,12-13H,11H2,1-4H3/q4*+1/i1D3,12D2;12D2;;11D2. The van der Waals surface area contributed by atoms with Crippen LogP contribution in [0.15, 0.2) is 164 Å². The molecule has 0 saturated carbocycles. The summed E-state index contributed by atoms with van der Waals surface area (Å²) in [5.74, 6) is -0.0492. The highest BCUT2D eigenvalue weighted by atomic mass is 14.9. The zero-order valence-electron chi connectivity index (χ0n) is 58.0. The molecule has 0 atom stereocenters. The van der Waals surface area contributed by atoms with Crippen molar-refractivity contribution >= 4 is 0 Å². The van der Waals surface area contributed by atoms with Crippen LogP contribution in [0.5, 0.6) is 0 Å². The Morgan fingerprint density at radius 1 is 0.413 bits per heavy atom. The molecule has 4 heteroatoms. The van der Waals surface area contributed by atoms with Gasteiger partial charge >= 0.3 is 0 Å². The molecule has 8 rings (SSSR count). The molecule has 0 spiro atoms. The highest BCUT2D eigenvalue weighted by Gasteiger charge is 2.21. The minimum Gasteiger partial charge on any atom is -0.201 e. The van der Waals surface area contributed by atoms with Gasteiger partial charge in [0.05, 0.1) is 0 Å². The lowest BCUT2D eigenvalue weighted by atomic mass is 9.88. The number of hydrogen-bond acceptors (Lipinski definition) is 0. The number of aromatic nitrogens is 4. The van der Waals surface area contributed by atoms with E-state index in [9.17, 15) is 0 Å². The van der Waals surface area contributed by atoms with Gasteiger partial charge in [-0.25, -0.2) is 18.3 Å². The second-order valence-electron chi connectivity index (χ2n) is 23.4. The molecule has 4 heterocycles. The van der Waals surface area contributed by atoms with E-state index in [2.05, 4.69) is 120 Å². The SMILES string of the molecule is Cc1ccccc1-c1ccc(C(C)(C)C)c[n+]1C.[2H]C([2H])([2H])c1ccc(-c2ccc(C([2H])([2H])C(C)(C)C)c[n+]2C)c(C)c1.[2H]C([2H])(c1ccc(-c2ccccc2C)[n+](C)c1)C(C)(C)C.[2H]C([2H])(c1ccc(-c2ccccc2C)[n+](C)c1)C(C)C. The predicted octanol–water partition coefficient (Wildman–Crippen LogP) is 15.9. The van der Waals surface area contributed by atoms with Gasteiger partial charge in [-0.2, -0.15) is 0 Å². The van der Waals surface area contributed by atoms with E-state index in [0.29, 0.717) is 11.1 Å². The molecule has 4 aromatic heterocycles. The van der Waals surface area contributed by atoms with Gasteiger partial charge in [0.15, 0.2) is 24.8 Å². The number of benzene rings is 4. The van der Waals surface area contributed by atoms with E-state index < -0.39 is 36.8 Å². The topological polar surface area (TPSA) is 15.5 Å². The van der Waals surface area contributed by atoms with Crippen LogP contribution in [-0.2, 0) is 52.7 Å². The van der Waals surface area contributed by atoms with Crippen LogP contribution in [0.25, 0.3) is 45.0 Å². The zero-order chi connectivity index (χ0) is 63.3. The molecule has 394 valence electrons. The van der Waals surface area contributed by atoms with E-state index in [1.165, 1.54) is 44.6 Å². The highest BCUT2D eigenvalue weighted by Crippen LogP contribution is 2.28. The molecule has 0 aliphatic heterocycles. The predicted molar refractivity (Wildman–Crippen MR) is 319 cm³/mol. The molecule has 0 fully saturated rings. The van der Waals surface area contributed by atoms with Gasteiger partial charge in [-0.3, -0.25) is 0 Å². The molecular weight excluding hydrogens is 909 g/mol. The molecule has 4 aromatic carbocycles. The lowest BCUT2D eigenvalue weighted by molar-refractivity contribution is -0.661. The van der Waals surface area contributed by atoms with Crippen molar-refractivity contribution < 1.29 is 30.6 Å². The number of hydrogen-bond donors (Lipinski definition) is 0. The molecule has 0 unspecified atom stereocenters. The molecule has 0 radical (unpaired) electrons. The first-order valence-electron chi connectivity index (χ1n) is 30.9. The Bertz CT molecular complexity index is 3560. The maximum absolute atomic E-state index is 8.42. The first-order chi connectivity index (χ1) is 38.6. The van der Waals surface area contributed by atoms with Crippen molar-refractivity contribution in [3.05, 3.63) is 214 Å². The van der Waals surface area contributed by atoms with Gasteiger partial charge in [-0.05, 0) is 147 Å². The third-order valence-corrected chi connectivity index (χ3v) is 12.7. The average molecular weight is 1010 g/mol. The van der Waals surface area contributed by atoms with Crippen LogP contribution in [-0.4, -0.2) is 0 Å². The van der Waals surface area contributed by atoms with Crippen molar-refractivity contribution in [3.8, 4) is 45.0 Å². The molecule has 0 aliphatic rings. The van der Waals surface area contributed by atoms with Gasteiger partial charge in [-0.15, -0.1) is 0 Å². The Kier molecular flexibility index (Phi) is 16.2. The zero-order valence-corrected chi connectivity index (χ0v) is 49.0. The molecule has 0 aliphatic carbocycles.